The van der Waals surface area contributed by atoms with Crippen LogP contribution in [0.5, 0.6) is 0 Å². The molecular formula is C15H15NOS. The van der Waals surface area contributed by atoms with Crippen LogP contribution in [-0.2, 0) is 0 Å². The second-order valence-electron chi connectivity index (χ2n) is 4.34. The highest BCUT2D eigenvalue weighted by molar-refractivity contribution is 7.10. The Morgan fingerprint density at radius 3 is 2.72 bits per heavy atom. The molecule has 3 aromatic rings. The van der Waals surface area contributed by atoms with E-state index in [1.54, 1.807) is 11.3 Å². The maximum Gasteiger partial charge on any atom is 0.134 e. The minimum absolute atomic E-state index is 0.194. The van der Waals surface area contributed by atoms with Crippen molar-refractivity contribution in [3.63, 3.8) is 0 Å². The number of thiophene rings is 1. The molecule has 1 N–H and O–H groups in total. The Hall–Kier alpha value is -1.58. The van der Waals surface area contributed by atoms with Crippen LogP contribution in [0.15, 0.2) is 46.4 Å². The van der Waals surface area contributed by atoms with Gasteiger partial charge in [-0.25, -0.2) is 0 Å². The Balaban J connectivity index is 2.15. The summed E-state index contributed by atoms with van der Waals surface area (Å²) in [4.78, 5) is 1.35. The van der Waals surface area contributed by atoms with Crippen LogP contribution in [0.1, 0.15) is 22.0 Å². The SMILES string of the molecule is CNC(c1ccsc1C)c1coc2ccccc12. The van der Waals surface area contributed by atoms with Gasteiger partial charge in [-0.15, -0.1) is 11.3 Å². The molecule has 2 aromatic heterocycles. The topological polar surface area (TPSA) is 25.2 Å². The largest absolute Gasteiger partial charge is 0.464 e. The van der Waals surface area contributed by atoms with Gasteiger partial charge in [0.05, 0.1) is 12.3 Å². The van der Waals surface area contributed by atoms with Gasteiger partial charge in [0.2, 0.25) is 0 Å². The van der Waals surface area contributed by atoms with Gasteiger partial charge >= 0.3 is 0 Å². The summed E-state index contributed by atoms with van der Waals surface area (Å²) < 4.78 is 5.63. The van der Waals surface area contributed by atoms with Gasteiger partial charge < -0.3 is 9.73 Å². The van der Waals surface area contributed by atoms with Crippen LogP contribution in [0.2, 0.25) is 0 Å². The Morgan fingerprint density at radius 1 is 1.17 bits per heavy atom. The minimum atomic E-state index is 0.194. The monoisotopic (exact) mass is 257 g/mol. The predicted octanol–water partition coefficient (Wildman–Crippen LogP) is 4.11. The zero-order valence-electron chi connectivity index (χ0n) is 10.4. The molecule has 1 aromatic carbocycles. The van der Waals surface area contributed by atoms with Crippen LogP contribution in [0.4, 0.5) is 0 Å². The quantitative estimate of drug-likeness (QED) is 0.763. The third-order valence-corrected chi connectivity index (χ3v) is 4.18. The zero-order valence-corrected chi connectivity index (χ0v) is 11.3. The van der Waals surface area contributed by atoms with Gasteiger partial charge in [-0.3, -0.25) is 0 Å². The lowest BCUT2D eigenvalue weighted by molar-refractivity contribution is 0.596. The minimum Gasteiger partial charge on any atom is -0.464 e. The maximum absolute atomic E-state index is 5.63. The van der Waals surface area contributed by atoms with Crippen molar-refractivity contribution in [2.75, 3.05) is 7.05 Å². The van der Waals surface area contributed by atoms with E-state index in [0.717, 1.165) is 5.58 Å². The second-order valence-corrected chi connectivity index (χ2v) is 5.46. The number of fused-ring (bicyclic) bond motifs is 1. The first-order valence-electron chi connectivity index (χ1n) is 5.98. The third kappa shape index (κ3) is 1.76. The first kappa shape index (κ1) is 11.5. The molecular weight excluding hydrogens is 242 g/mol. The molecule has 0 amide bonds. The lowest BCUT2D eigenvalue weighted by Crippen LogP contribution is -2.17. The molecule has 1 atom stereocenters. The number of hydrogen-bond donors (Lipinski definition) is 1. The molecule has 0 spiro atoms. The molecule has 3 rings (SSSR count). The van der Waals surface area contributed by atoms with Crippen molar-refractivity contribution < 1.29 is 4.42 Å². The summed E-state index contributed by atoms with van der Waals surface area (Å²) in [6, 6.07) is 10.5. The van der Waals surface area contributed by atoms with E-state index in [4.69, 9.17) is 4.42 Å². The number of hydrogen-bond acceptors (Lipinski definition) is 3. The van der Waals surface area contributed by atoms with E-state index >= 15 is 0 Å². The third-order valence-electron chi connectivity index (χ3n) is 3.32. The molecule has 0 fully saturated rings. The molecule has 0 saturated carbocycles. The summed E-state index contributed by atoms with van der Waals surface area (Å²) >= 11 is 1.78. The summed E-state index contributed by atoms with van der Waals surface area (Å²) in [6.07, 6.45) is 1.86. The van der Waals surface area contributed by atoms with Crippen molar-refractivity contribution in [1.29, 1.82) is 0 Å². The van der Waals surface area contributed by atoms with E-state index in [1.807, 2.05) is 25.4 Å². The lowest BCUT2D eigenvalue weighted by Gasteiger charge is -2.15. The lowest BCUT2D eigenvalue weighted by atomic mass is 9.99. The molecule has 0 aliphatic carbocycles. The molecule has 0 saturated heterocycles. The highest BCUT2D eigenvalue weighted by Crippen LogP contribution is 2.33. The van der Waals surface area contributed by atoms with Crippen molar-refractivity contribution in [3.05, 3.63) is 58.0 Å². The normalized spacial score (nSPS) is 13.0. The highest BCUT2D eigenvalue weighted by Gasteiger charge is 2.19. The number of para-hydroxylation sites is 1. The van der Waals surface area contributed by atoms with Crippen LogP contribution in [0.3, 0.4) is 0 Å². The average molecular weight is 257 g/mol. The second kappa shape index (κ2) is 4.59. The Labute approximate surface area is 110 Å². The Kier molecular flexibility index (Phi) is 2.94. The standard InChI is InChI=1S/C15H15NOS/c1-10-11(7-8-18-10)15(16-2)13-9-17-14-6-4-3-5-12(13)14/h3-9,15-16H,1-2H3. The average Bonchev–Trinajstić information content (AvgIpc) is 2.99. The number of aryl methyl sites for hydroxylation is 1. The molecule has 18 heavy (non-hydrogen) atoms. The van der Waals surface area contributed by atoms with Gasteiger partial charge in [0.1, 0.15) is 5.58 Å². The van der Waals surface area contributed by atoms with Gasteiger partial charge in [0, 0.05) is 15.8 Å². The summed E-state index contributed by atoms with van der Waals surface area (Å²) in [6.45, 7) is 2.16. The molecule has 3 heteroatoms. The van der Waals surface area contributed by atoms with Crippen molar-refractivity contribution >= 4 is 22.3 Å². The summed E-state index contributed by atoms with van der Waals surface area (Å²) in [5.41, 5.74) is 3.48. The number of nitrogens with one attached hydrogen (secondary N) is 1. The molecule has 0 bridgehead atoms. The molecule has 2 heterocycles. The van der Waals surface area contributed by atoms with Crippen LogP contribution >= 0.6 is 11.3 Å². The fourth-order valence-electron chi connectivity index (χ4n) is 2.39. The zero-order chi connectivity index (χ0) is 12.5. The van der Waals surface area contributed by atoms with E-state index in [2.05, 4.69) is 35.8 Å². The molecule has 0 aliphatic rings. The molecule has 1 unspecified atom stereocenters. The maximum atomic E-state index is 5.63. The molecule has 92 valence electrons. The summed E-state index contributed by atoms with van der Waals surface area (Å²) in [7, 11) is 1.99. The van der Waals surface area contributed by atoms with Crippen LogP contribution in [0.25, 0.3) is 11.0 Å². The fourth-order valence-corrected chi connectivity index (χ4v) is 3.14. The van der Waals surface area contributed by atoms with Gasteiger partial charge in [0.25, 0.3) is 0 Å². The number of furan rings is 1. The number of rotatable bonds is 3. The van der Waals surface area contributed by atoms with E-state index in [1.165, 1.54) is 21.4 Å². The highest BCUT2D eigenvalue weighted by atomic mass is 32.1. The van der Waals surface area contributed by atoms with E-state index in [0.29, 0.717) is 0 Å². The van der Waals surface area contributed by atoms with E-state index in [-0.39, 0.29) is 6.04 Å². The van der Waals surface area contributed by atoms with Crippen molar-refractivity contribution in [3.8, 4) is 0 Å². The van der Waals surface area contributed by atoms with Crippen molar-refractivity contribution in [2.24, 2.45) is 0 Å². The molecule has 0 aliphatic heterocycles. The van der Waals surface area contributed by atoms with E-state index < -0.39 is 0 Å². The Morgan fingerprint density at radius 2 is 2.00 bits per heavy atom. The summed E-state index contributed by atoms with van der Waals surface area (Å²) in [5, 5.41) is 6.71. The van der Waals surface area contributed by atoms with Gasteiger partial charge in [-0.2, -0.15) is 0 Å². The molecule has 2 nitrogen and oxygen atoms in total. The van der Waals surface area contributed by atoms with Crippen LogP contribution in [0, 0.1) is 6.92 Å². The molecule has 0 radical (unpaired) electrons. The Bertz CT molecular complexity index is 668. The summed E-state index contributed by atoms with van der Waals surface area (Å²) in [5.74, 6) is 0. The predicted molar refractivity (Wildman–Crippen MR) is 76.2 cm³/mol. The van der Waals surface area contributed by atoms with Crippen molar-refractivity contribution in [2.45, 2.75) is 13.0 Å². The van der Waals surface area contributed by atoms with Gasteiger partial charge in [0.15, 0.2) is 0 Å². The number of benzene rings is 1. The van der Waals surface area contributed by atoms with Gasteiger partial charge in [-0.05, 0) is 37.0 Å². The van der Waals surface area contributed by atoms with Crippen LogP contribution in [-0.4, -0.2) is 7.05 Å². The van der Waals surface area contributed by atoms with Crippen LogP contribution < -0.4 is 5.32 Å². The van der Waals surface area contributed by atoms with E-state index in [9.17, 15) is 0 Å². The smallest absolute Gasteiger partial charge is 0.134 e. The first-order chi connectivity index (χ1) is 8.81. The van der Waals surface area contributed by atoms with Crippen molar-refractivity contribution in [1.82, 2.24) is 5.32 Å². The fraction of sp³-hybridized carbons (Fsp3) is 0.200. The van der Waals surface area contributed by atoms with Gasteiger partial charge in [-0.1, -0.05) is 18.2 Å². The first-order valence-corrected chi connectivity index (χ1v) is 6.86.